The van der Waals surface area contributed by atoms with Gasteiger partial charge in [-0.25, -0.2) is 0 Å². The number of amides is 1. The standard InChI is InChI=1S/C14H20ClNO2/c1-11-5-4-6-13(9-11)18-8-7-14(17)16(3)12(2)10-15/h4-6,9,12H,7-8,10H2,1-3H3. The zero-order valence-electron chi connectivity index (χ0n) is 11.1. The average molecular weight is 270 g/mol. The number of aryl methyl sites for hydroxylation is 1. The van der Waals surface area contributed by atoms with Crippen LogP contribution in [0.1, 0.15) is 18.9 Å². The lowest BCUT2D eigenvalue weighted by atomic mass is 10.2. The summed E-state index contributed by atoms with van der Waals surface area (Å²) in [5, 5.41) is 0. The summed E-state index contributed by atoms with van der Waals surface area (Å²) in [7, 11) is 1.77. The van der Waals surface area contributed by atoms with Crippen molar-refractivity contribution < 1.29 is 9.53 Å². The zero-order chi connectivity index (χ0) is 13.5. The second-order valence-electron chi connectivity index (χ2n) is 4.42. The van der Waals surface area contributed by atoms with Crippen LogP contribution in [0.2, 0.25) is 0 Å². The van der Waals surface area contributed by atoms with Crippen LogP contribution in [-0.2, 0) is 4.79 Å². The Hall–Kier alpha value is -1.22. The minimum Gasteiger partial charge on any atom is -0.493 e. The quantitative estimate of drug-likeness (QED) is 0.743. The lowest BCUT2D eigenvalue weighted by Gasteiger charge is -2.23. The molecule has 0 saturated carbocycles. The van der Waals surface area contributed by atoms with Gasteiger partial charge in [0.15, 0.2) is 0 Å². The van der Waals surface area contributed by atoms with Gasteiger partial charge in [-0.2, -0.15) is 0 Å². The second kappa shape index (κ2) is 7.27. The van der Waals surface area contributed by atoms with Gasteiger partial charge in [0.05, 0.1) is 13.0 Å². The van der Waals surface area contributed by atoms with Crippen molar-refractivity contribution in [2.75, 3.05) is 19.5 Å². The molecular formula is C14H20ClNO2. The molecule has 3 nitrogen and oxygen atoms in total. The van der Waals surface area contributed by atoms with Gasteiger partial charge in [-0.1, -0.05) is 12.1 Å². The Kier molecular flexibility index (Phi) is 5.99. The van der Waals surface area contributed by atoms with E-state index in [9.17, 15) is 4.79 Å². The van der Waals surface area contributed by atoms with Crippen molar-refractivity contribution in [1.29, 1.82) is 0 Å². The molecule has 0 aliphatic rings. The molecule has 1 rings (SSSR count). The lowest BCUT2D eigenvalue weighted by Crippen LogP contribution is -2.36. The van der Waals surface area contributed by atoms with E-state index in [-0.39, 0.29) is 11.9 Å². The molecule has 4 heteroatoms. The number of carbonyl (C=O) groups is 1. The van der Waals surface area contributed by atoms with Crippen molar-refractivity contribution in [3.05, 3.63) is 29.8 Å². The van der Waals surface area contributed by atoms with E-state index in [0.717, 1.165) is 11.3 Å². The molecular weight excluding hydrogens is 250 g/mol. The third-order valence-corrected chi connectivity index (χ3v) is 3.30. The highest BCUT2D eigenvalue weighted by Crippen LogP contribution is 2.12. The van der Waals surface area contributed by atoms with Crippen LogP contribution in [0.3, 0.4) is 0 Å². The first-order valence-corrected chi connectivity index (χ1v) is 6.59. The van der Waals surface area contributed by atoms with E-state index in [1.165, 1.54) is 0 Å². The van der Waals surface area contributed by atoms with E-state index in [2.05, 4.69) is 0 Å². The molecule has 0 heterocycles. The van der Waals surface area contributed by atoms with Gasteiger partial charge in [-0.3, -0.25) is 4.79 Å². The van der Waals surface area contributed by atoms with Crippen molar-refractivity contribution in [3.8, 4) is 5.75 Å². The molecule has 1 aromatic carbocycles. The van der Waals surface area contributed by atoms with Crippen LogP contribution in [0.5, 0.6) is 5.75 Å². The van der Waals surface area contributed by atoms with Gasteiger partial charge < -0.3 is 9.64 Å². The molecule has 1 aromatic rings. The molecule has 0 spiro atoms. The summed E-state index contributed by atoms with van der Waals surface area (Å²) in [6, 6.07) is 7.85. The van der Waals surface area contributed by atoms with E-state index < -0.39 is 0 Å². The average Bonchev–Trinajstić information content (AvgIpc) is 2.36. The maximum atomic E-state index is 11.8. The first-order valence-electron chi connectivity index (χ1n) is 6.05. The predicted molar refractivity (Wildman–Crippen MR) is 74.2 cm³/mol. The Morgan fingerprint density at radius 1 is 1.50 bits per heavy atom. The number of carbonyl (C=O) groups excluding carboxylic acids is 1. The molecule has 0 saturated heterocycles. The summed E-state index contributed by atoms with van der Waals surface area (Å²) in [6.07, 6.45) is 0.367. The largest absolute Gasteiger partial charge is 0.493 e. The number of hydrogen-bond acceptors (Lipinski definition) is 2. The Balaban J connectivity index is 2.36. The van der Waals surface area contributed by atoms with Gasteiger partial charge in [0.2, 0.25) is 5.91 Å². The second-order valence-corrected chi connectivity index (χ2v) is 4.73. The smallest absolute Gasteiger partial charge is 0.226 e. The van der Waals surface area contributed by atoms with E-state index in [4.69, 9.17) is 16.3 Å². The number of benzene rings is 1. The molecule has 1 atom stereocenters. The minimum absolute atomic E-state index is 0.0517. The van der Waals surface area contributed by atoms with Crippen LogP contribution in [0.25, 0.3) is 0 Å². The maximum Gasteiger partial charge on any atom is 0.226 e. The summed E-state index contributed by atoms with van der Waals surface area (Å²) < 4.78 is 5.54. The number of ether oxygens (including phenoxy) is 1. The molecule has 0 radical (unpaired) electrons. The molecule has 18 heavy (non-hydrogen) atoms. The molecule has 0 N–H and O–H groups in total. The number of nitrogens with zero attached hydrogens (tertiary/aromatic N) is 1. The molecule has 1 amide bonds. The van der Waals surface area contributed by atoms with Gasteiger partial charge in [-0.15, -0.1) is 11.6 Å². The molecule has 0 aliphatic heterocycles. The first kappa shape index (κ1) is 14.8. The van der Waals surface area contributed by atoms with Crippen molar-refractivity contribution >= 4 is 17.5 Å². The fourth-order valence-electron chi connectivity index (χ4n) is 1.49. The van der Waals surface area contributed by atoms with Gasteiger partial charge >= 0.3 is 0 Å². The van der Waals surface area contributed by atoms with Crippen LogP contribution in [0, 0.1) is 6.92 Å². The van der Waals surface area contributed by atoms with E-state index in [1.807, 2.05) is 38.1 Å². The highest BCUT2D eigenvalue weighted by Gasteiger charge is 2.14. The molecule has 0 bridgehead atoms. The number of rotatable bonds is 6. The van der Waals surface area contributed by atoms with Crippen molar-refractivity contribution in [3.63, 3.8) is 0 Å². The highest BCUT2D eigenvalue weighted by molar-refractivity contribution is 6.18. The molecule has 0 aliphatic carbocycles. The molecule has 100 valence electrons. The maximum absolute atomic E-state index is 11.8. The lowest BCUT2D eigenvalue weighted by molar-refractivity contribution is -0.131. The fraction of sp³-hybridized carbons (Fsp3) is 0.500. The number of alkyl halides is 1. The summed E-state index contributed by atoms with van der Waals surface area (Å²) in [6.45, 7) is 4.32. The SMILES string of the molecule is Cc1cccc(OCCC(=O)N(C)C(C)CCl)c1. The topological polar surface area (TPSA) is 29.5 Å². The normalized spacial score (nSPS) is 12.0. The zero-order valence-corrected chi connectivity index (χ0v) is 11.9. The van der Waals surface area contributed by atoms with Crippen LogP contribution in [0.15, 0.2) is 24.3 Å². The van der Waals surface area contributed by atoms with Crippen LogP contribution in [0.4, 0.5) is 0 Å². The van der Waals surface area contributed by atoms with Crippen molar-refractivity contribution in [2.24, 2.45) is 0 Å². The Labute approximate surface area is 114 Å². The van der Waals surface area contributed by atoms with Crippen molar-refractivity contribution in [2.45, 2.75) is 26.3 Å². The van der Waals surface area contributed by atoms with E-state index in [0.29, 0.717) is 18.9 Å². The van der Waals surface area contributed by atoms with Crippen LogP contribution >= 0.6 is 11.6 Å². The van der Waals surface area contributed by atoms with Gasteiger partial charge in [-0.05, 0) is 31.5 Å². The first-order chi connectivity index (χ1) is 8.54. The monoisotopic (exact) mass is 269 g/mol. The third-order valence-electron chi connectivity index (χ3n) is 2.85. The molecule has 1 unspecified atom stereocenters. The molecule has 0 fully saturated rings. The number of halogens is 1. The summed E-state index contributed by atoms with van der Waals surface area (Å²) in [5.41, 5.74) is 1.15. The number of hydrogen-bond donors (Lipinski definition) is 0. The Bertz CT molecular complexity index is 395. The Morgan fingerprint density at radius 3 is 2.83 bits per heavy atom. The molecule has 0 aromatic heterocycles. The third kappa shape index (κ3) is 4.57. The Morgan fingerprint density at radius 2 is 2.22 bits per heavy atom. The van der Waals surface area contributed by atoms with E-state index in [1.54, 1.807) is 11.9 Å². The summed E-state index contributed by atoms with van der Waals surface area (Å²) in [5.74, 6) is 1.30. The van der Waals surface area contributed by atoms with Gasteiger partial charge in [0, 0.05) is 19.0 Å². The van der Waals surface area contributed by atoms with Gasteiger partial charge in [0.1, 0.15) is 5.75 Å². The predicted octanol–water partition coefficient (Wildman–Crippen LogP) is 2.85. The van der Waals surface area contributed by atoms with Crippen LogP contribution in [-0.4, -0.2) is 36.4 Å². The van der Waals surface area contributed by atoms with Crippen LogP contribution < -0.4 is 4.74 Å². The highest BCUT2D eigenvalue weighted by atomic mass is 35.5. The van der Waals surface area contributed by atoms with Gasteiger partial charge in [0.25, 0.3) is 0 Å². The van der Waals surface area contributed by atoms with E-state index >= 15 is 0 Å². The minimum atomic E-state index is 0.0517. The van der Waals surface area contributed by atoms with Crippen molar-refractivity contribution in [1.82, 2.24) is 4.90 Å². The summed E-state index contributed by atoms with van der Waals surface area (Å²) in [4.78, 5) is 13.4. The fourth-order valence-corrected chi connectivity index (χ4v) is 1.69. The summed E-state index contributed by atoms with van der Waals surface area (Å²) >= 11 is 5.71.